The molecule has 0 spiro atoms. The Bertz CT molecular complexity index is 442. The zero-order chi connectivity index (χ0) is 11.4. The van der Waals surface area contributed by atoms with Crippen LogP contribution in [0.4, 0.5) is 4.39 Å². The van der Waals surface area contributed by atoms with Gasteiger partial charge in [-0.3, -0.25) is 10.1 Å². The smallest absolute Gasteiger partial charge is 0.146 e. The molecule has 0 radical (unpaired) electrons. The summed E-state index contributed by atoms with van der Waals surface area (Å²) in [7, 11) is 0. The molecule has 0 aliphatic heterocycles. The van der Waals surface area contributed by atoms with E-state index in [1.54, 1.807) is 6.20 Å². The van der Waals surface area contributed by atoms with E-state index in [-0.39, 0.29) is 11.9 Å². The number of nitrogens with zero attached hydrogens (tertiary/aromatic N) is 3. The van der Waals surface area contributed by atoms with Gasteiger partial charge >= 0.3 is 0 Å². The molecule has 2 N–H and O–H groups in total. The summed E-state index contributed by atoms with van der Waals surface area (Å²) in [4.78, 5) is 7.88. The molecule has 0 aromatic carbocycles. The minimum Gasteiger partial charge on any atom is -0.304 e. The fourth-order valence-corrected chi connectivity index (χ4v) is 1.52. The Morgan fingerprint density at radius 3 is 3.00 bits per heavy atom. The van der Waals surface area contributed by atoms with Crippen LogP contribution in [0.5, 0.6) is 0 Å². The normalized spacial score (nSPS) is 12.6. The second kappa shape index (κ2) is 4.80. The third-order valence-electron chi connectivity index (χ3n) is 2.17. The molecule has 0 amide bonds. The van der Waals surface area contributed by atoms with Gasteiger partial charge in [0.1, 0.15) is 18.0 Å². The fourth-order valence-electron chi connectivity index (χ4n) is 1.52. The molecule has 84 valence electrons. The first-order valence-corrected chi connectivity index (χ1v) is 5.00. The van der Waals surface area contributed by atoms with E-state index in [1.165, 1.54) is 18.6 Å². The standard InChI is InChI=1S/C10H12FN5/c1-2-13-9(10-14-6-15-16-10)7-3-8(11)5-12-4-7/h3-6,9,13H,2H2,1H3,(H,14,15,16). The molecule has 5 nitrogen and oxygen atoms in total. The van der Waals surface area contributed by atoms with Crippen molar-refractivity contribution in [3.8, 4) is 0 Å². The van der Waals surface area contributed by atoms with Crippen LogP contribution in [-0.2, 0) is 0 Å². The van der Waals surface area contributed by atoms with Crippen molar-refractivity contribution in [2.45, 2.75) is 13.0 Å². The highest BCUT2D eigenvalue weighted by molar-refractivity contribution is 5.21. The van der Waals surface area contributed by atoms with Gasteiger partial charge in [-0.2, -0.15) is 5.10 Å². The number of nitrogens with one attached hydrogen (secondary N) is 2. The van der Waals surface area contributed by atoms with Crippen LogP contribution in [0.1, 0.15) is 24.4 Å². The second-order valence-electron chi connectivity index (χ2n) is 3.30. The quantitative estimate of drug-likeness (QED) is 0.809. The number of hydrogen-bond donors (Lipinski definition) is 2. The molecule has 1 atom stereocenters. The average Bonchev–Trinajstić information content (AvgIpc) is 2.79. The molecule has 0 saturated heterocycles. The first kappa shape index (κ1) is 10.7. The molecule has 0 aliphatic carbocycles. The lowest BCUT2D eigenvalue weighted by molar-refractivity contribution is 0.580. The predicted octanol–water partition coefficient (Wildman–Crippen LogP) is 1.04. The summed E-state index contributed by atoms with van der Waals surface area (Å²) in [5.74, 6) is 0.286. The number of pyridine rings is 1. The van der Waals surface area contributed by atoms with E-state index < -0.39 is 0 Å². The summed E-state index contributed by atoms with van der Waals surface area (Å²) >= 11 is 0. The summed E-state index contributed by atoms with van der Waals surface area (Å²) in [5.41, 5.74) is 0.721. The molecule has 2 rings (SSSR count). The van der Waals surface area contributed by atoms with E-state index in [0.717, 1.165) is 12.1 Å². The van der Waals surface area contributed by atoms with Crippen molar-refractivity contribution in [3.05, 3.63) is 42.0 Å². The highest BCUT2D eigenvalue weighted by Gasteiger charge is 2.16. The first-order chi connectivity index (χ1) is 7.81. The molecule has 16 heavy (non-hydrogen) atoms. The predicted molar refractivity (Wildman–Crippen MR) is 56.1 cm³/mol. The van der Waals surface area contributed by atoms with Crippen molar-refractivity contribution in [2.24, 2.45) is 0 Å². The zero-order valence-electron chi connectivity index (χ0n) is 8.81. The van der Waals surface area contributed by atoms with Crippen LogP contribution in [0.15, 0.2) is 24.8 Å². The van der Waals surface area contributed by atoms with E-state index in [0.29, 0.717) is 5.82 Å². The third-order valence-corrected chi connectivity index (χ3v) is 2.17. The third kappa shape index (κ3) is 2.22. The number of hydrogen-bond acceptors (Lipinski definition) is 4. The number of aromatic nitrogens is 4. The maximum Gasteiger partial charge on any atom is 0.146 e. The molecule has 0 aliphatic rings. The summed E-state index contributed by atoms with van der Waals surface area (Å²) in [6, 6.07) is 1.22. The van der Waals surface area contributed by atoms with Gasteiger partial charge in [0.05, 0.1) is 12.2 Å². The van der Waals surface area contributed by atoms with Gasteiger partial charge in [-0.05, 0) is 18.2 Å². The van der Waals surface area contributed by atoms with E-state index in [1.807, 2.05) is 6.92 Å². The summed E-state index contributed by atoms with van der Waals surface area (Å²) in [6.07, 6.45) is 4.21. The van der Waals surface area contributed by atoms with E-state index >= 15 is 0 Å². The Morgan fingerprint density at radius 2 is 2.38 bits per heavy atom. The van der Waals surface area contributed by atoms with E-state index in [4.69, 9.17) is 0 Å². The van der Waals surface area contributed by atoms with Crippen LogP contribution >= 0.6 is 0 Å². The van der Waals surface area contributed by atoms with Gasteiger partial charge in [0.15, 0.2) is 0 Å². The number of rotatable bonds is 4. The molecule has 6 heteroatoms. The number of halogens is 1. The maximum atomic E-state index is 13.1. The Labute approximate surface area is 92.1 Å². The fraction of sp³-hybridized carbons (Fsp3) is 0.300. The van der Waals surface area contributed by atoms with Crippen LogP contribution in [-0.4, -0.2) is 26.7 Å². The lowest BCUT2D eigenvalue weighted by Gasteiger charge is -2.14. The molecule has 0 bridgehead atoms. The van der Waals surface area contributed by atoms with Gasteiger partial charge in [0, 0.05) is 6.20 Å². The van der Waals surface area contributed by atoms with Crippen LogP contribution in [0, 0.1) is 5.82 Å². The minimum atomic E-state index is -0.361. The van der Waals surface area contributed by atoms with Gasteiger partial charge in [-0.25, -0.2) is 9.37 Å². The summed E-state index contributed by atoms with van der Waals surface area (Å²) in [5, 5.41) is 9.74. The van der Waals surface area contributed by atoms with Gasteiger partial charge in [-0.15, -0.1) is 0 Å². The second-order valence-corrected chi connectivity index (χ2v) is 3.30. The van der Waals surface area contributed by atoms with Gasteiger partial charge in [0.2, 0.25) is 0 Å². The van der Waals surface area contributed by atoms with Crippen LogP contribution in [0.25, 0.3) is 0 Å². The number of H-pyrrole nitrogens is 1. The largest absolute Gasteiger partial charge is 0.304 e. The highest BCUT2D eigenvalue weighted by Crippen LogP contribution is 2.17. The Kier molecular flexibility index (Phi) is 3.21. The minimum absolute atomic E-state index is 0.212. The molecule has 2 aromatic heterocycles. The lowest BCUT2D eigenvalue weighted by atomic mass is 10.1. The Hall–Kier alpha value is -1.82. The average molecular weight is 221 g/mol. The Morgan fingerprint density at radius 1 is 1.50 bits per heavy atom. The van der Waals surface area contributed by atoms with E-state index in [9.17, 15) is 4.39 Å². The molecule has 0 saturated carbocycles. The SMILES string of the molecule is CCNC(c1cncc(F)c1)c1ncn[nH]1. The molecule has 1 unspecified atom stereocenters. The van der Waals surface area contributed by atoms with Crippen LogP contribution < -0.4 is 5.32 Å². The maximum absolute atomic E-state index is 13.1. The van der Waals surface area contributed by atoms with Gasteiger partial charge in [0.25, 0.3) is 0 Å². The Balaban J connectivity index is 2.33. The van der Waals surface area contributed by atoms with Crippen molar-refractivity contribution in [1.29, 1.82) is 0 Å². The van der Waals surface area contributed by atoms with E-state index in [2.05, 4.69) is 25.5 Å². The van der Waals surface area contributed by atoms with Crippen LogP contribution in [0.3, 0.4) is 0 Å². The molecular formula is C10H12FN5. The molecule has 0 fully saturated rings. The summed E-state index contributed by atoms with van der Waals surface area (Å²) < 4.78 is 13.1. The lowest BCUT2D eigenvalue weighted by Crippen LogP contribution is -2.23. The highest BCUT2D eigenvalue weighted by atomic mass is 19.1. The van der Waals surface area contributed by atoms with Crippen molar-refractivity contribution >= 4 is 0 Å². The van der Waals surface area contributed by atoms with Gasteiger partial charge in [-0.1, -0.05) is 6.92 Å². The number of aromatic amines is 1. The first-order valence-electron chi connectivity index (χ1n) is 5.00. The monoisotopic (exact) mass is 221 g/mol. The van der Waals surface area contributed by atoms with Crippen LogP contribution in [0.2, 0.25) is 0 Å². The topological polar surface area (TPSA) is 66.5 Å². The zero-order valence-corrected chi connectivity index (χ0v) is 8.81. The molecular weight excluding hydrogens is 209 g/mol. The molecule has 2 heterocycles. The molecule has 2 aromatic rings. The van der Waals surface area contributed by atoms with Crippen molar-refractivity contribution < 1.29 is 4.39 Å². The van der Waals surface area contributed by atoms with Crippen molar-refractivity contribution in [1.82, 2.24) is 25.5 Å². The van der Waals surface area contributed by atoms with Gasteiger partial charge < -0.3 is 5.32 Å². The summed E-state index contributed by atoms with van der Waals surface area (Å²) in [6.45, 7) is 2.71. The van der Waals surface area contributed by atoms with Crippen molar-refractivity contribution in [2.75, 3.05) is 6.54 Å². The van der Waals surface area contributed by atoms with Crippen molar-refractivity contribution in [3.63, 3.8) is 0 Å².